The molecule has 5 nitrogen and oxygen atoms in total. The number of likely N-dealkylation sites (N-methyl/N-ethyl adjacent to an activating group) is 1. The molecule has 0 aliphatic carbocycles. The predicted octanol–water partition coefficient (Wildman–Crippen LogP) is 3.02. The number of nitrogens with zero attached hydrogens (tertiary/aromatic N) is 1. The largest absolute Gasteiger partial charge is 0.492 e. The summed E-state index contributed by atoms with van der Waals surface area (Å²) in [5.74, 6) is 0.324. The summed E-state index contributed by atoms with van der Waals surface area (Å²) in [6.45, 7) is 2.74. The number of rotatable bonds is 7. The summed E-state index contributed by atoms with van der Waals surface area (Å²) in [6.07, 6.45) is 0. The first-order chi connectivity index (χ1) is 12.0. The van der Waals surface area contributed by atoms with E-state index in [1.807, 2.05) is 43.3 Å². The molecule has 0 aliphatic heterocycles. The highest BCUT2D eigenvalue weighted by atomic mass is 79.9. The lowest BCUT2D eigenvalue weighted by Crippen LogP contribution is -2.39. The zero-order valence-electron chi connectivity index (χ0n) is 14.3. The summed E-state index contributed by atoms with van der Waals surface area (Å²) in [5.41, 5.74) is 1.62. The molecule has 0 radical (unpaired) electrons. The van der Waals surface area contributed by atoms with Crippen LogP contribution in [0.25, 0.3) is 0 Å². The van der Waals surface area contributed by atoms with E-state index < -0.39 is 0 Å². The van der Waals surface area contributed by atoms with Crippen molar-refractivity contribution in [1.82, 2.24) is 10.2 Å². The highest BCUT2D eigenvalue weighted by Crippen LogP contribution is 2.15. The van der Waals surface area contributed by atoms with Gasteiger partial charge in [0.25, 0.3) is 5.91 Å². The first-order valence-corrected chi connectivity index (χ1v) is 8.72. The van der Waals surface area contributed by atoms with Crippen molar-refractivity contribution >= 4 is 27.7 Å². The Morgan fingerprint density at radius 1 is 1.08 bits per heavy atom. The number of ether oxygens (including phenoxy) is 1. The Balaban J connectivity index is 1.71. The maximum Gasteiger partial charge on any atom is 0.251 e. The highest BCUT2D eigenvalue weighted by Gasteiger charge is 2.11. The van der Waals surface area contributed by atoms with E-state index in [0.29, 0.717) is 18.7 Å². The quantitative estimate of drug-likeness (QED) is 0.771. The minimum atomic E-state index is -0.257. The third kappa shape index (κ3) is 6.23. The monoisotopic (exact) mass is 404 g/mol. The van der Waals surface area contributed by atoms with E-state index in [0.717, 1.165) is 15.8 Å². The fourth-order valence-electron chi connectivity index (χ4n) is 2.05. The molecule has 2 aromatic carbocycles. The molecule has 2 rings (SSSR count). The Kier molecular flexibility index (Phi) is 7.01. The summed E-state index contributed by atoms with van der Waals surface area (Å²) in [6, 6.07) is 14.7. The zero-order chi connectivity index (χ0) is 18.2. The van der Waals surface area contributed by atoms with Crippen molar-refractivity contribution in [3.05, 3.63) is 64.1 Å². The van der Waals surface area contributed by atoms with Crippen LogP contribution in [0.3, 0.4) is 0 Å². The van der Waals surface area contributed by atoms with Crippen LogP contribution in [0.15, 0.2) is 53.0 Å². The molecule has 0 saturated carbocycles. The second-order valence-corrected chi connectivity index (χ2v) is 6.58. The second-order valence-electron chi connectivity index (χ2n) is 5.67. The zero-order valence-corrected chi connectivity index (χ0v) is 15.9. The van der Waals surface area contributed by atoms with Crippen LogP contribution >= 0.6 is 15.9 Å². The van der Waals surface area contributed by atoms with E-state index in [1.54, 1.807) is 19.2 Å². The van der Waals surface area contributed by atoms with Gasteiger partial charge in [0.15, 0.2) is 0 Å². The van der Waals surface area contributed by atoms with Gasteiger partial charge >= 0.3 is 0 Å². The second kappa shape index (κ2) is 9.22. The maximum atomic E-state index is 12.1. The fourth-order valence-corrected chi connectivity index (χ4v) is 2.32. The van der Waals surface area contributed by atoms with Gasteiger partial charge in [-0.2, -0.15) is 0 Å². The Labute approximate surface area is 156 Å². The molecular formula is C19H21BrN2O3. The first kappa shape index (κ1) is 19.0. The predicted molar refractivity (Wildman–Crippen MR) is 101 cm³/mol. The number of carbonyl (C=O) groups is 2. The van der Waals surface area contributed by atoms with Gasteiger partial charge < -0.3 is 15.0 Å². The van der Waals surface area contributed by atoms with Gasteiger partial charge in [0.2, 0.25) is 5.91 Å². The van der Waals surface area contributed by atoms with Gasteiger partial charge in [0, 0.05) is 17.1 Å². The number of benzene rings is 2. The number of halogens is 1. The van der Waals surface area contributed by atoms with Crippen molar-refractivity contribution in [3.8, 4) is 5.75 Å². The van der Waals surface area contributed by atoms with Crippen LogP contribution in [0.4, 0.5) is 0 Å². The number of nitrogens with one attached hydrogen (secondary N) is 1. The van der Waals surface area contributed by atoms with Crippen molar-refractivity contribution in [3.63, 3.8) is 0 Å². The van der Waals surface area contributed by atoms with Gasteiger partial charge in [-0.15, -0.1) is 0 Å². The minimum absolute atomic E-state index is 0.0402. The number of hydrogen-bond acceptors (Lipinski definition) is 3. The summed E-state index contributed by atoms with van der Waals surface area (Å²) in [5, 5.41) is 2.64. The van der Waals surface area contributed by atoms with Crippen LogP contribution in [0, 0.1) is 6.92 Å². The number of amides is 2. The normalized spacial score (nSPS) is 10.2. The van der Waals surface area contributed by atoms with Gasteiger partial charge in [-0.3, -0.25) is 9.59 Å². The van der Waals surface area contributed by atoms with Gasteiger partial charge in [0.05, 0.1) is 13.1 Å². The summed E-state index contributed by atoms with van der Waals surface area (Å²) in [4.78, 5) is 25.6. The average molecular weight is 405 g/mol. The van der Waals surface area contributed by atoms with E-state index in [4.69, 9.17) is 4.74 Å². The summed E-state index contributed by atoms with van der Waals surface area (Å²) < 4.78 is 6.57. The van der Waals surface area contributed by atoms with Crippen molar-refractivity contribution in [1.29, 1.82) is 0 Å². The van der Waals surface area contributed by atoms with E-state index >= 15 is 0 Å². The van der Waals surface area contributed by atoms with E-state index in [-0.39, 0.29) is 18.4 Å². The molecule has 2 aromatic rings. The molecule has 2 amide bonds. The van der Waals surface area contributed by atoms with Crippen LogP contribution in [0.1, 0.15) is 15.9 Å². The molecule has 0 saturated heterocycles. The van der Waals surface area contributed by atoms with Crippen molar-refractivity contribution in [2.24, 2.45) is 0 Å². The van der Waals surface area contributed by atoms with Gasteiger partial charge in [-0.05, 0) is 43.3 Å². The van der Waals surface area contributed by atoms with Gasteiger partial charge in [-0.25, -0.2) is 0 Å². The fraction of sp³-hybridized carbons (Fsp3) is 0.263. The van der Waals surface area contributed by atoms with E-state index in [2.05, 4.69) is 21.2 Å². The van der Waals surface area contributed by atoms with Gasteiger partial charge in [0.1, 0.15) is 12.4 Å². The Morgan fingerprint density at radius 2 is 1.72 bits per heavy atom. The molecule has 0 aromatic heterocycles. The highest BCUT2D eigenvalue weighted by molar-refractivity contribution is 9.10. The Hall–Kier alpha value is -2.34. The number of hydrogen-bond donors (Lipinski definition) is 1. The molecule has 132 valence electrons. The lowest BCUT2D eigenvalue weighted by atomic mass is 10.1. The Morgan fingerprint density at radius 3 is 2.36 bits per heavy atom. The number of aryl methyl sites for hydroxylation is 1. The van der Waals surface area contributed by atoms with Gasteiger partial charge in [-0.1, -0.05) is 33.6 Å². The van der Waals surface area contributed by atoms with Crippen LogP contribution in [-0.4, -0.2) is 43.5 Å². The minimum Gasteiger partial charge on any atom is -0.492 e. The molecule has 1 N–H and O–H groups in total. The molecule has 0 heterocycles. The first-order valence-electron chi connectivity index (χ1n) is 7.93. The summed E-state index contributed by atoms with van der Waals surface area (Å²) in [7, 11) is 1.69. The molecule has 25 heavy (non-hydrogen) atoms. The SMILES string of the molecule is Cc1ccc(C(=O)NCC(=O)N(C)CCOc2ccc(Br)cc2)cc1. The lowest BCUT2D eigenvalue weighted by molar-refractivity contribution is -0.129. The maximum absolute atomic E-state index is 12.1. The van der Waals surface area contributed by atoms with Crippen molar-refractivity contribution in [2.75, 3.05) is 26.7 Å². The topological polar surface area (TPSA) is 58.6 Å². The van der Waals surface area contributed by atoms with Crippen LogP contribution in [0.2, 0.25) is 0 Å². The van der Waals surface area contributed by atoms with Crippen LogP contribution < -0.4 is 10.1 Å². The molecular weight excluding hydrogens is 384 g/mol. The average Bonchev–Trinajstić information content (AvgIpc) is 2.61. The molecule has 0 spiro atoms. The molecule has 0 unspecified atom stereocenters. The molecule has 0 bridgehead atoms. The summed E-state index contributed by atoms with van der Waals surface area (Å²) >= 11 is 3.36. The third-order valence-electron chi connectivity index (χ3n) is 3.65. The lowest BCUT2D eigenvalue weighted by Gasteiger charge is -2.18. The number of carbonyl (C=O) groups excluding carboxylic acids is 2. The van der Waals surface area contributed by atoms with Crippen LogP contribution in [0.5, 0.6) is 5.75 Å². The molecule has 6 heteroatoms. The van der Waals surface area contributed by atoms with Crippen molar-refractivity contribution in [2.45, 2.75) is 6.92 Å². The third-order valence-corrected chi connectivity index (χ3v) is 4.18. The van der Waals surface area contributed by atoms with E-state index in [1.165, 1.54) is 4.90 Å². The Bertz CT molecular complexity index is 714. The standard InChI is InChI=1S/C19H21BrN2O3/c1-14-3-5-15(6-4-14)19(24)21-13-18(23)22(2)11-12-25-17-9-7-16(20)8-10-17/h3-10H,11-13H2,1-2H3,(H,21,24). The smallest absolute Gasteiger partial charge is 0.251 e. The van der Waals surface area contributed by atoms with E-state index in [9.17, 15) is 9.59 Å². The molecule has 0 fully saturated rings. The van der Waals surface area contributed by atoms with Crippen molar-refractivity contribution < 1.29 is 14.3 Å². The molecule has 0 aliphatic rings. The van der Waals surface area contributed by atoms with Crippen LogP contribution in [-0.2, 0) is 4.79 Å². The molecule has 0 atom stereocenters.